The summed E-state index contributed by atoms with van der Waals surface area (Å²) in [5.41, 5.74) is 1.17. The second-order valence-electron chi connectivity index (χ2n) is 5.43. The van der Waals surface area contributed by atoms with Crippen molar-refractivity contribution in [3.63, 3.8) is 0 Å². The number of nitrogens with one attached hydrogen (secondary N) is 2. The summed E-state index contributed by atoms with van der Waals surface area (Å²) in [5, 5.41) is 7.46. The molecule has 9 heteroatoms. The van der Waals surface area contributed by atoms with Gasteiger partial charge in [0.25, 0.3) is 5.91 Å². The number of nitrogens with zero attached hydrogens (tertiary/aromatic N) is 2. The van der Waals surface area contributed by atoms with Gasteiger partial charge in [0, 0.05) is 4.88 Å². The minimum Gasteiger partial charge on any atom is -0.288 e. The highest BCUT2D eigenvalue weighted by Crippen LogP contribution is 2.29. The smallest absolute Gasteiger partial charge is 0.288 e. The van der Waals surface area contributed by atoms with Gasteiger partial charge in [-0.3, -0.25) is 15.2 Å². The summed E-state index contributed by atoms with van der Waals surface area (Å²) in [5.74, 6) is -2.08. The molecule has 0 spiro atoms. The van der Waals surface area contributed by atoms with Gasteiger partial charge in [-0.2, -0.15) is 18.2 Å². The third kappa shape index (κ3) is 3.72. The van der Waals surface area contributed by atoms with E-state index in [1.54, 1.807) is 5.10 Å². The fourth-order valence-corrected chi connectivity index (χ4v) is 3.71. The Hall–Kier alpha value is -1.90. The number of aryl methyl sites for hydroxylation is 2. The Bertz CT molecular complexity index is 682. The van der Waals surface area contributed by atoms with Gasteiger partial charge < -0.3 is 0 Å². The van der Waals surface area contributed by atoms with Crippen LogP contribution >= 0.6 is 11.3 Å². The number of aromatic nitrogens is 3. The van der Waals surface area contributed by atoms with Crippen molar-refractivity contribution in [1.82, 2.24) is 15.2 Å². The van der Waals surface area contributed by atoms with Crippen LogP contribution in [0.3, 0.4) is 0 Å². The SMILES string of the molecule is O=C(Nc1n[nH]c(C(F)(F)F)n1)c1cc2c(s1)CCCCCC2. The predicted molar refractivity (Wildman–Crippen MR) is 79.5 cm³/mol. The quantitative estimate of drug-likeness (QED) is 0.870. The lowest BCUT2D eigenvalue weighted by Gasteiger charge is -2.07. The number of hydrogen-bond acceptors (Lipinski definition) is 4. The molecule has 0 aliphatic heterocycles. The number of aromatic amines is 1. The molecule has 0 aromatic carbocycles. The van der Waals surface area contributed by atoms with E-state index in [9.17, 15) is 18.0 Å². The Kier molecular flexibility index (Phi) is 4.38. The second-order valence-corrected chi connectivity index (χ2v) is 6.57. The summed E-state index contributed by atoms with van der Waals surface area (Å²) in [6.45, 7) is 0. The molecule has 0 bridgehead atoms. The molecule has 0 fully saturated rings. The molecule has 0 unspecified atom stereocenters. The van der Waals surface area contributed by atoms with Gasteiger partial charge in [0.15, 0.2) is 0 Å². The molecule has 2 N–H and O–H groups in total. The molecule has 0 atom stereocenters. The molecule has 1 aliphatic rings. The maximum Gasteiger partial charge on any atom is 0.451 e. The molecule has 2 heterocycles. The van der Waals surface area contributed by atoms with Gasteiger partial charge in [0.1, 0.15) is 0 Å². The summed E-state index contributed by atoms with van der Waals surface area (Å²) in [6, 6.07) is 1.83. The lowest BCUT2D eigenvalue weighted by atomic mass is 10.00. The van der Waals surface area contributed by atoms with Gasteiger partial charge in [0.05, 0.1) is 4.88 Å². The molecule has 0 saturated heterocycles. The Morgan fingerprint density at radius 1 is 1.22 bits per heavy atom. The van der Waals surface area contributed by atoms with Crippen LogP contribution in [0.4, 0.5) is 19.1 Å². The summed E-state index contributed by atoms with van der Waals surface area (Å²) in [6.07, 6.45) is 1.86. The van der Waals surface area contributed by atoms with Crippen LogP contribution in [0.5, 0.6) is 0 Å². The largest absolute Gasteiger partial charge is 0.451 e. The van der Waals surface area contributed by atoms with Crippen molar-refractivity contribution in [3.8, 4) is 0 Å². The van der Waals surface area contributed by atoms with Crippen LogP contribution in [0, 0.1) is 0 Å². The number of rotatable bonds is 2. The van der Waals surface area contributed by atoms with Crippen molar-refractivity contribution in [1.29, 1.82) is 0 Å². The molecule has 3 rings (SSSR count). The maximum absolute atomic E-state index is 12.4. The third-order valence-electron chi connectivity index (χ3n) is 3.70. The highest BCUT2D eigenvalue weighted by atomic mass is 32.1. The van der Waals surface area contributed by atoms with E-state index in [0.717, 1.165) is 25.7 Å². The number of halogens is 3. The monoisotopic (exact) mass is 344 g/mol. The minimum atomic E-state index is -4.62. The van der Waals surface area contributed by atoms with E-state index in [2.05, 4.69) is 15.4 Å². The third-order valence-corrected chi connectivity index (χ3v) is 4.94. The topological polar surface area (TPSA) is 70.7 Å². The number of fused-ring (bicyclic) bond motifs is 1. The average molecular weight is 344 g/mol. The molecule has 1 amide bonds. The zero-order valence-electron chi connectivity index (χ0n) is 12.2. The lowest BCUT2D eigenvalue weighted by molar-refractivity contribution is -0.144. The highest BCUT2D eigenvalue weighted by molar-refractivity contribution is 7.14. The molecule has 0 radical (unpaired) electrons. The van der Waals surface area contributed by atoms with Crippen LogP contribution < -0.4 is 5.32 Å². The van der Waals surface area contributed by atoms with E-state index in [-0.39, 0.29) is 5.95 Å². The van der Waals surface area contributed by atoms with Crippen LogP contribution in [0.1, 0.15) is 51.6 Å². The first-order chi connectivity index (χ1) is 10.9. The Balaban J connectivity index is 1.73. The first-order valence-corrected chi connectivity index (χ1v) is 8.17. The van der Waals surface area contributed by atoms with E-state index in [4.69, 9.17) is 0 Å². The molecule has 0 saturated carbocycles. The van der Waals surface area contributed by atoms with Crippen molar-refractivity contribution in [2.75, 3.05) is 5.32 Å². The van der Waals surface area contributed by atoms with Crippen LogP contribution in [0.2, 0.25) is 0 Å². The van der Waals surface area contributed by atoms with Gasteiger partial charge >= 0.3 is 6.18 Å². The van der Waals surface area contributed by atoms with Crippen molar-refractivity contribution in [3.05, 3.63) is 27.2 Å². The summed E-state index contributed by atoms with van der Waals surface area (Å²) >= 11 is 1.40. The van der Waals surface area contributed by atoms with Gasteiger partial charge in [-0.05, 0) is 37.3 Å². The number of H-pyrrole nitrogens is 1. The van der Waals surface area contributed by atoms with Crippen molar-refractivity contribution >= 4 is 23.2 Å². The van der Waals surface area contributed by atoms with E-state index < -0.39 is 17.9 Å². The number of alkyl halides is 3. The number of amides is 1. The summed E-state index contributed by atoms with van der Waals surface area (Å²) < 4.78 is 37.3. The van der Waals surface area contributed by atoms with Crippen molar-refractivity contribution < 1.29 is 18.0 Å². The summed E-state index contributed by atoms with van der Waals surface area (Å²) in [4.78, 5) is 17.1. The first-order valence-electron chi connectivity index (χ1n) is 7.36. The molecular formula is C14H15F3N4OS. The Morgan fingerprint density at radius 2 is 1.96 bits per heavy atom. The molecule has 124 valence electrons. The van der Waals surface area contributed by atoms with Crippen molar-refractivity contribution in [2.45, 2.75) is 44.7 Å². The lowest BCUT2D eigenvalue weighted by Crippen LogP contribution is -2.12. The second kappa shape index (κ2) is 6.31. The van der Waals surface area contributed by atoms with Crippen molar-refractivity contribution in [2.24, 2.45) is 0 Å². The highest BCUT2D eigenvalue weighted by Gasteiger charge is 2.35. The maximum atomic E-state index is 12.4. The van der Waals surface area contributed by atoms with Crippen LogP contribution in [0.25, 0.3) is 0 Å². The Morgan fingerprint density at radius 3 is 2.65 bits per heavy atom. The van der Waals surface area contributed by atoms with E-state index in [1.165, 1.54) is 34.6 Å². The van der Waals surface area contributed by atoms with Gasteiger partial charge in [-0.15, -0.1) is 16.4 Å². The van der Waals surface area contributed by atoms with Crippen LogP contribution in [-0.2, 0) is 19.0 Å². The molecular weight excluding hydrogens is 329 g/mol. The fraction of sp³-hybridized carbons (Fsp3) is 0.500. The van der Waals surface area contributed by atoms with Gasteiger partial charge in [0.2, 0.25) is 11.8 Å². The predicted octanol–water partition coefficient (Wildman–Crippen LogP) is 3.80. The van der Waals surface area contributed by atoms with E-state index in [0.29, 0.717) is 4.88 Å². The first kappa shape index (κ1) is 16.0. The normalized spacial score (nSPS) is 15.6. The Labute approximate surface area is 134 Å². The van der Waals surface area contributed by atoms with Crippen LogP contribution in [0.15, 0.2) is 6.07 Å². The summed E-state index contributed by atoms with van der Waals surface area (Å²) in [7, 11) is 0. The number of thiophene rings is 1. The van der Waals surface area contributed by atoms with Gasteiger partial charge in [-0.1, -0.05) is 12.8 Å². The number of hydrogen-bond donors (Lipinski definition) is 2. The fourth-order valence-electron chi connectivity index (χ4n) is 2.56. The zero-order chi connectivity index (χ0) is 16.4. The molecule has 2 aromatic heterocycles. The van der Waals surface area contributed by atoms with E-state index in [1.807, 2.05) is 6.07 Å². The molecule has 5 nitrogen and oxygen atoms in total. The zero-order valence-corrected chi connectivity index (χ0v) is 13.0. The molecule has 23 heavy (non-hydrogen) atoms. The minimum absolute atomic E-state index is 0.372. The standard InChI is InChI=1S/C14H15F3N4OS/c15-14(16,17)12-19-13(21-20-12)18-11(22)10-7-8-5-3-1-2-4-6-9(8)23-10/h7H,1-6H2,(H2,18,19,20,21,22). The van der Waals surface area contributed by atoms with Gasteiger partial charge in [-0.25, -0.2) is 0 Å². The number of carbonyl (C=O) groups excluding carboxylic acids is 1. The average Bonchev–Trinajstić information content (AvgIpc) is 3.05. The molecule has 1 aliphatic carbocycles. The molecule has 2 aromatic rings. The number of anilines is 1. The number of carbonyl (C=O) groups is 1. The van der Waals surface area contributed by atoms with E-state index >= 15 is 0 Å². The van der Waals surface area contributed by atoms with Crippen LogP contribution in [-0.4, -0.2) is 21.1 Å².